The number of ether oxygens (including phenoxy) is 8. The van der Waals surface area contributed by atoms with Crippen LogP contribution in [0.25, 0.3) is 0 Å². The second kappa shape index (κ2) is 21.6. The first-order chi connectivity index (χ1) is 25.0. The summed E-state index contributed by atoms with van der Waals surface area (Å²) in [5, 5.41) is 0. The van der Waals surface area contributed by atoms with Gasteiger partial charge < -0.3 is 37.9 Å². The minimum Gasteiger partial charge on any atom is -0.494 e. The Hall–Kier alpha value is -5.59. The van der Waals surface area contributed by atoms with Crippen molar-refractivity contribution in [2.75, 3.05) is 26.4 Å². The van der Waals surface area contributed by atoms with Gasteiger partial charge in [-0.2, -0.15) is 0 Å². The number of unbranched alkanes of at least 4 members (excludes halogenated alkanes) is 2. The molecular formula is C39H46O13. The molecule has 0 bridgehead atoms. The van der Waals surface area contributed by atoms with E-state index in [2.05, 4.69) is 19.7 Å². The van der Waals surface area contributed by atoms with Gasteiger partial charge in [0.05, 0.1) is 38.3 Å². The maximum absolute atomic E-state index is 13.0. The number of esters is 3. The Morgan fingerprint density at radius 1 is 0.596 bits per heavy atom. The highest BCUT2D eigenvalue weighted by Gasteiger charge is 2.32. The van der Waals surface area contributed by atoms with E-state index in [0.717, 1.165) is 6.08 Å². The highest BCUT2D eigenvalue weighted by Crippen LogP contribution is 2.33. The van der Waals surface area contributed by atoms with Crippen molar-refractivity contribution in [3.63, 3.8) is 0 Å². The fourth-order valence-electron chi connectivity index (χ4n) is 5.01. The second-order valence-electron chi connectivity index (χ2n) is 12.0. The van der Waals surface area contributed by atoms with Gasteiger partial charge in [-0.1, -0.05) is 19.7 Å². The van der Waals surface area contributed by atoms with Gasteiger partial charge in [0.25, 0.3) is 0 Å². The molecule has 0 spiro atoms. The molecule has 1 aliphatic rings. The number of hydrogen-bond acceptors (Lipinski definition) is 13. The van der Waals surface area contributed by atoms with Crippen LogP contribution in [-0.2, 0) is 33.3 Å². The van der Waals surface area contributed by atoms with Gasteiger partial charge in [0.1, 0.15) is 28.8 Å². The van der Waals surface area contributed by atoms with Gasteiger partial charge in [0, 0.05) is 6.08 Å². The number of rotatable bonds is 19. The molecule has 0 atom stereocenters. The lowest BCUT2D eigenvalue weighted by Gasteiger charge is -2.26. The van der Waals surface area contributed by atoms with Crippen LogP contribution in [0.4, 0.5) is 9.59 Å². The van der Waals surface area contributed by atoms with E-state index >= 15 is 0 Å². The Morgan fingerprint density at radius 3 is 1.38 bits per heavy atom. The highest BCUT2D eigenvalue weighted by molar-refractivity contribution is 5.81. The lowest BCUT2D eigenvalue weighted by atomic mass is 9.82. The molecule has 1 saturated carbocycles. The molecule has 280 valence electrons. The Bertz CT molecular complexity index is 1470. The monoisotopic (exact) mass is 722 g/mol. The van der Waals surface area contributed by atoms with Crippen LogP contribution >= 0.6 is 0 Å². The number of carbonyl (C=O) groups is 5. The van der Waals surface area contributed by atoms with E-state index in [1.165, 1.54) is 24.3 Å². The summed E-state index contributed by atoms with van der Waals surface area (Å²) < 4.78 is 42.0. The SMILES string of the molecule is C=CC(=C)OCCCCOC(=O)Oc1ccc(OC(=O)[C@H]2CC[C@H](C(=O)Oc3ccc(OC(=O)OCCCCOC(=O)C=C)cc3C)CC2)c(C)c1. The summed E-state index contributed by atoms with van der Waals surface area (Å²) in [6.07, 6.45) is 4.92. The van der Waals surface area contributed by atoms with Gasteiger partial charge in [-0.25, -0.2) is 14.4 Å². The van der Waals surface area contributed by atoms with Gasteiger partial charge in [-0.15, -0.1) is 0 Å². The lowest BCUT2D eigenvalue weighted by Crippen LogP contribution is -2.30. The Morgan fingerprint density at radius 2 is 1.00 bits per heavy atom. The van der Waals surface area contributed by atoms with Gasteiger partial charge >= 0.3 is 30.2 Å². The molecule has 1 fully saturated rings. The maximum Gasteiger partial charge on any atom is 0.513 e. The van der Waals surface area contributed by atoms with Gasteiger partial charge in [0.2, 0.25) is 0 Å². The van der Waals surface area contributed by atoms with Crippen molar-refractivity contribution in [1.82, 2.24) is 0 Å². The molecule has 0 radical (unpaired) electrons. The van der Waals surface area contributed by atoms with Crippen molar-refractivity contribution in [3.05, 3.63) is 85.2 Å². The van der Waals surface area contributed by atoms with Gasteiger partial charge in [-0.05, 0) is 119 Å². The molecule has 0 aromatic heterocycles. The van der Waals surface area contributed by atoms with Crippen LogP contribution in [0.3, 0.4) is 0 Å². The Labute approximate surface area is 303 Å². The zero-order chi connectivity index (χ0) is 37.9. The quantitative estimate of drug-likeness (QED) is 0.0203. The van der Waals surface area contributed by atoms with Crippen molar-refractivity contribution in [2.45, 2.75) is 65.2 Å². The Balaban J connectivity index is 1.36. The van der Waals surface area contributed by atoms with Crippen LogP contribution < -0.4 is 18.9 Å². The van der Waals surface area contributed by atoms with Crippen molar-refractivity contribution >= 4 is 30.2 Å². The van der Waals surface area contributed by atoms with E-state index < -0.39 is 36.1 Å². The normalized spacial score (nSPS) is 14.9. The minimum atomic E-state index is -0.887. The van der Waals surface area contributed by atoms with Crippen molar-refractivity contribution < 1.29 is 61.9 Å². The zero-order valence-electron chi connectivity index (χ0n) is 29.7. The standard InChI is InChI=1S/C39H46O13/c1-6-28(5)45-20-8-10-22-47-38(43)49-31-16-18-33(26(3)24-31)51-36(41)29-12-14-30(15-13-29)37(42)52-34-19-17-32(25-27(34)4)50-39(44)48-23-11-9-21-46-35(40)7-2/h6-7,16-19,24-25,29-30H,1-2,5,8-15,20-23H2,3-4H3/t29-,30-. The highest BCUT2D eigenvalue weighted by atomic mass is 16.7. The van der Waals surface area contributed by atoms with Crippen LogP contribution in [0.1, 0.15) is 62.5 Å². The first-order valence-corrected chi connectivity index (χ1v) is 17.1. The number of carbonyl (C=O) groups excluding carboxylic acids is 5. The summed E-state index contributed by atoms with van der Waals surface area (Å²) in [6.45, 7) is 14.9. The van der Waals surface area contributed by atoms with Gasteiger partial charge in [0.15, 0.2) is 0 Å². The fraction of sp³-hybridized carbons (Fsp3) is 0.410. The topological polar surface area (TPSA) is 159 Å². The summed E-state index contributed by atoms with van der Waals surface area (Å²) in [7, 11) is 0. The van der Waals surface area contributed by atoms with E-state index in [0.29, 0.717) is 86.4 Å². The molecule has 0 N–H and O–H groups in total. The molecule has 3 rings (SSSR count). The van der Waals surface area contributed by atoms with E-state index in [1.54, 1.807) is 32.0 Å². The van der Waals surface area contributed by atoms with E-state index in [1.807, 2.05) is 0 Å². The zero-order valence-corrected chi connectivity index (χ0v) is 29.7. The van der Waals surface area contributed by atoms with E-state index in [4.69, 9.17) is 37.9 Å². The van der Waals surface area contributed by atoms with Crippen LogP contribution in [-0.4, -0.2) is 56.6 Å². The number of allylic oxidation sites excluding steroid dienone is 1. The number of benzene rings is 2. The van der Waals surface area contributed by atoms with Crippen molar-refractivity contribution in [3.8, 4) is 23.0 Å². The Kier molecular flexibility index (Phi) is 17.0. The smallest absolute Gasteiger partial charge is 0.494 e. The number of aryl methyl sites for hydroxylation is 2. The van der Waals surface area contributed by atoms with Crippen LogP contribution in [0, 0.1) is 25.7 Å². The third-order valence-electron chi connectivity index (χ3n) is 7.95. The average molecular weight is 723 g/mol. The van der Waals surface area contributed by atoms with Crippen LogP contribution in [0.2, 0.25) is 0 Å². The molecule has 13 heteroatoms. The molecule has 0 saturated heterocycles. The van der Waals surface area contributed by atoms with E-state index in [-0.39, 0.29) is 37.2 Å². The maximum atomic E-state index is 13.0. The molecule has 0 unspecified atom stereocenters. The molecule has 13 nitrogen and oxygen atoms in total. The molecular weight excluding hydrogens is 676 g/mol. The fourth-order valence-corrected chi connectivity index (χ4v) is 5.01. The molecule has 0 aliphatic heterocycles. The van der Waals surface area contributed by atoms with E-state index in [9.17, 15) is 24.0 Å². The summed E-state index contributed by atoms with van der Waals surface area (Å²) in [5.41, 5.74) is 1.18. The van der Waals surface area contributed by atoms with Gasteiger partial charge in [-0.3, -0.25) is 9.59 Å². The first-order valence-electron chi connectivity index (χ1n) is 17.1. The van der Waals surface area contributed by atoms with Crippen molar-refractivity contribution in [1.29, 1.82) is 0 Å². The largest absolute Gasteiger partial charge is 0.513 e. The molecule has 2 aromatic rings. The predicted octanol–water partition coefficient (Wildman–Crippen LogP) is 7.66. The summed E-state index contributed by atoms with van der Waals surface area (Å²) >= 11 is 0. The third-order valence-corrected chi connectivity index (χ3v) is 7.95. The van der Waals surface area contributed by atoms with Crippen molar-refractivity contribution in [2.24, 2.45) is 11.8 Å². The summed E-state index contributed by atoms with van der Waals surface area (Å²) in [6, 6.07) is 9.24. The predicted molar refractivity (Wildman–Crippen MR) is 188 cm³/mol. The molecule has 1 aliphatic carbocycles. The number of hydrogen-bond donors (Lipinski definition) is 0. The molecule has 0 amide bonds. The van der Waals surface area contributed by atoms with Crippen LogP contribution in [0.15, 0.2) is 74.0 Å². The molecule has 52 heavy (non-hydrogen) atoms. The summed E-state index contributed by atoms with van der Waals surface area (Å²) in [5.74, 6) is -0.467. The third kappa shape index (κ3) is 14.3. The van der Waals surface area contributed by atoms with Crippen LogP contribution in [0.5, 0.6) is 23.0 Å². The average Bonchev–Trinajstić information content (AvgIpc) is 3.13. The first kappa shape index (κ1) is 40.8. The summed E-state index contributed by atoms with van der Waals surface area (Å²) in [4.78, 5) is 61.0. The molecule has 2 aromatic carbocycles. The second-order valence-corrected chi connectivity index (χ2v) is 12.0. The lowest BCUT2D eigenvalue weighted by molar-refractivity contribution is -0.145. The molecule has 0 heterocycles. The minimum absolute atomic E-state index is 0.0913.